The van der Waals surface area contributed by atoms with Crippen LogP contribution in [0.1, 0.15) is 11.3 Å². The van der Waals surface area contributed by atoms with E-state index in [1.165, 1.54) is 121 Å². The van der Waals surface area contributed by atoms with Crippen LogP contribution in [0.2, 0.25) is 0 Å². The maximum absolute atomic E-state index is 4.00. The number of allylic oxidation sites excluding steroid dienone is 2. The van der Waals surface area contributed by atoms with Crippen LogP contribution in [0.15, 0.2) is 225 Å². The minimum atomic E-state index is 1.13. The van der Waals surface area contributed by atoms with Crippen molar-refractivity contribution in [2.24, 2.45) is 0 Å². The Morgan fingerprint density at radius 1 is 0.385 bits per heavy atom. The summed E-state index contributed by atoms with van der Waals surface area (Å²) < 4.78 is 4.85. The van der Waals surface area contributed by atoms with Crippen molar-refractivity contribution < 1.29 is 0 Å². The van der Waals surface area contributed by atoms with Crippen LogP contribution in [-0.4, -0.2) is 9.13 Å². The van der Waals surface area contributed by atoms with Gasteiger partial charge in [0.2, 0.25) is 0 Å². The second kappa shape index (κ2) is 14.6. The molecule has 13 rings (SSSR count). The van der Waals surface area contributed by atoms with Crippen LogP contribution in [0, 0.1) is 6.92 Å². The Balaban J connectivity index is 0.918. The molecule has 0 aliphatic heterocycles. The molecule has 0 saturated heterocycles. The quantitative estimate of drug-likeness (QED) is 0.142. The number of rotatable bonds is 7. The summed E-state index contributed by atoms with van der Waals surface area (Å²) in [6, 6.07) is 76.2. The maximum atomic E-state index is 4.00. The molecule has 1 aliphatic carbocycles. The lowest BCUT2D eigenvalue weighted by Crippen LogP contribution is -1.97. The smallest absolute Gasteiger partial charge is 0.0619 e. The molecule has 2 aromatic heterocycles. The van der Waals surface area contributed by atoms with Crippen LogP contribution in [0.4, 0.5) is 0 Å². The SMILES string of the molecule is C=C/C=C\c1c(C)n(-c2ccc(-c3ccccc3-c3ccc4c(c3)-c3cccc5cccc-4c35)cc2)c2cc(-c3ccc4c(c3)c3ccc5ccccc5c3n4-c3ccccc3)ccc12. The van der Waals surface area contributed by atoms with Crippen LogP contribution in [0.25, 0.3) is 127 Å². The lowest BCUT2D eigenvalue weighted by Gasteiger charge is -2.14. The number of hydrogen-bond acceptors (Lipinski definition) is 0. The second-order valence-electron chi connectivity index (χ2n) is 17.3. The molecule has 1 aliphatic rings. The molecule has 2 heteroatoms. The van der Waals surface area contributed by atoms with Gasteiger partial charge in [0.1, 0.15) is 0 Å². The first kappa shape index (κ1) is 37.1. The summed E-state index contributed by atoms with van der Waals surface area (Å²) in [6.07, 6.45) is 6.09. The lowest BCUT2D eigenvalue weighted by atomic mass is 9.92. The standard InChI is InChI=1S/C63H42N2/c1-3-4-19-49-40(2)64(48-31-25-42(26-32-48)50-20-10-11-21-51(50)46-29-33-53-55-23-12-15-43-16-13-24-56(62(43)55)58(53)38-46)61-39-45(28-34-54(49)61)44-30-36-60-59(37-44)57-35-27-41-14-8-9-22-52(41)63(57)65(60)47-17-6-5-7-18-47/h3-39H,1H2,2H3/b19-4-. The normalized spacial score (nSPS) is 12.1. The van der Waals surface area contributed by atoms with Gasteiger partial charge >= 0.3 is 0 Å². The highest BCUT2D eigenvalue weighted by Crippen LogP contribution is 2.49. The van der Waals surface area contributed by atoms with Gasteiger partial charge in [-0.1, -0.05) is 183 Å². The Bertz CT molecular complexity index is 3940. The first-order chi connectivity index (χ1) is 32.1. The first-order valence-corrected chi connectivity index (χ1v) is 22.5. The summed E-state index contributed by atoms with van der Waals surface area (Å²) in [5.41, 5.74) is 20.8. The van der Waals surface area contributed by atoms with Gasteiger partial charge in [0.05, 0.1) is 16.6 Å². The number of benzene rings is 10. The monoisotopic (exact) mass is 826 g/mol. The molecule has 0 N–H and O–H groups in total. The van der Waals surface area contributed by atoms with E-state index in [1.54, 1.807) is 0 Å². The Kier molecular flexibility index (Phi) is 8.31. The average molecular weight is 827 g/mol. The molecular weight excluding hydrogens is 785 g/mol. The molecule has 10 aromatic carbocycles. The fourth-order valence-electron chi connectivity index (χ4n) is 10.9. The number of para-hydroxylation sites is 1. The maximum Gasteiger partial charge on any atom is 0.0619 e. The molecular formula is C63H42N2. The minimum Gasteiger partial charge on any atom is -0.313 e. The van der Waals surface area contributed by atoms with Gasteiger partial charge in [0.25, 0.3) is 0 Å². The largest absolute Gasteiger partial charge is 0.313 e. The molecule has 0 spiro atoms. The third-order valence-electron chi connectivity index (χ3n) is 13.8. The highest BCUT2D eigenvalue weighted by Gasteiger charge is 2.23. The molecule has 304 valence electrons. The predicted molar refractivity (Wildman–Crippen MR) is 277 cm³/mol. The van der Waals surface area contributed by atoms with Crippen molar-refractivity contribution in [2.45, 2.75) is 6.92 Å². The molecule has 0 saturated carbocycles. The highest BCUT2D eigenvalue weighted by atomic mass is 15.0. The van der Waals surface area contributed by atoms with Crippen LogP contribution < -0.4 is 0 Å². The highest BCUT2D eigenvalue weighted by molar-refractivity contribution is 6.19. The van der Waals surface area contributed by atoms with Crippen LogP contribution >= 0.6 is 0 Å². The van der Waals surface area contributed by atoms with Gasteiger partial charge in [-0.3, -0.25) is 0 Å². The van der Waals surface area contributed by atoms with Crippen molar-refractivity contribution >= 4 is 60.3 Å². The molecule has 0 amide bonds. The zero-order chi connectivity index (χ0) is 43.2. The number of fused-ring (bicyclic) bond motifs is 9. The zero-order valence-corrected chi connectivity index (χ0v) is 36.0. The molecule has 2 nitrogen and oxygen atoms in total. The van der Waals surface area contributed by atoms with Gasteiger partial charge in [-0.15, -0.1) is 0 Å². The van der Waals surface area contributed by atoms with Gasteiger partial charge in [0.15, 0.2) is 0 Å². The second-order valence-corrected chi connectivity index (χ2v) is 17.3. The van der Waals surface area contributed by atoms with E-state index >= 15 is 0 Å². The van der Waals surface area contributed by atoms with E-state index in [2.05, 4.69) is 235 Å². The van der Waals surface area contributed by atoms with Crippen molar-refractivity contribution in [1.29, 1.82) is 0 Å². The van der Waals surface area contributed by atoms with E-state index in [0.717, 1.165) is 11.4 Å². The van der Waals surface area contributed by atoms with E-state index in [1.807, 2.05) is 12.2 Å². The minimum absolute atomic E-state index is 1.13. The Morgan fingerprint density at radius 3 is 1.83 bits per heavy atom. The topological polar surface area (TPSA) is 9.86 Å². The summed E-state index contributed by atoms with van der Waals surface area (Å²) in [6.45, 7) is 6.22. The molecule has 0 fully saturated rings. The summed E-state index contributed by atoms with van der Waals surface area (Å²) in [5, 5.41) is 8.85. The van der Waals surface area contributed by atoms with Gasteiger partial charge < -0.3 is 9.13 Å². The predicted octanol–water partition coefficient (Wildman–Crippen LogP) is 17.2. The third kappa shape index (κ3) is 5.67. The van der Waals surface area contributed by atoms with Crippen LogP contribution in [0.5, 0.6) is 0 Å². The average Bonchev–Trinajstić information content (AvgIpc) is 3.98. The molecule has 2 heterocycles. The first-order valence-electron chi connectivity index (χ1n) is 22.5. The van der Waals surface area contributed by atoms with Crippen LogP contribution in [0.3, 0.4) is 0 Å². The lowest BCUT2D eigenvalue weighted by molar-refractivity contribution is 1.05. The van der Waals surface area contributed by atoms with Gasteiger partial charge in [0, 0.05) is 44.2 Å². The van der Waals surface area contributed by atoms with Crippen LogP contribution in [-0.2, 0) is 0 Å². The molecule has 0 bridgehead atoms. The summed E-state index contributed by atoms with van der Waals surface area (Å²) in [4.78, 5) is 0. The zero-order valence-electron chi connectivity index (χ0n) is 36.0. The third-order valence-corrected chi connectivity index (χ3v) is 13.8. The van der Waals surface area contributed by atoms with Crippen molar-refractivity contribution in [2.75, 3.05) is 0 Å². The van der Waals surface area contributed by atoms with Crippen molar-refractivity contribution in [3.8, 4) is 67.0 Å². The Labute approximate surface area is 377 Å². The fourth-order valence-corrected chi connectivity index (χ4v) is 10.9. The van der Waals surface area contributed by atoms with E-state index in [4.69, 9.17) is 0 Å². The van der Waals surface area contributed by atoms with Crippen molar-refractivity contribution in [3.63, 3.8) is 0 Å². The summed E-state index contributed by atoms with van der Waals surface area (Å²) in [5.74, 6) is 0. The van der Waals surface area contributed by atoms with Crippen molar-refractivity contribution in [3.05, 3.63) is 236 Å². The van der Waals surface area contributed by atoms with E-state index in [-0.39, 0.29) is 0 Å². The summed E-state index contributed by atoms with van der Waals surface area (Å²) in [7, 11) is 0. The van der Waals surface area contributed by atoms with E-state index < -0.39 is 0 Å². The summed E-state index contributed by atoms with van der Waals surface area (Å²) >= 11 is 0. The molecule has 0 atom stereocenters. The Hall–Kier alpha value is -8.46. The van der Waals surface area contributed by atoms with E-state index in [9.17, 15) is 0 Å². The van der Waals surface area contributed by atoms with Gasteiger partial charge in [-0.2, -0.15) is 0 Å². The van der Waals surface area contributed by atoms with E-state index in [0.29, 0.717) is 0 Å². The van der Waals surface area contributed by atoms with Crippen molar-refractivity contribution in [1.82, 2.24) is 9.13 Å². The van der Waals surface area contributed by atoms with Gasteiger partial charge in [-0.25, -0.2) is 0 Å². The Morgan fingerprint density at radius 2 is 1.02 bits per heavy atom. The fraction of sp³-hybridized carbons (Fsp3) is 0.0159. The molecule has 0 unspecified atom stereocenters. The number of aromatic nitrogens is 2. The molecule has 65 heavy (non-hydrogen) atoms. The molecule has 0 radical (unpaired) electrons. The molecule has 12 aromatic rings. The number of nitrogens with zero attached hydrogens (tertiary/aromatic N) is 2. The number of hydrogen-bond donors (Lipinski definition) is 0. The van der Waals surface area contributed by atoms with Gasteiger partial charge in [-0.05, 0) is 127 Å².